The van der Waals surface area contributed by atoms with Gasteiger partial charge in [0.25, 0.3) is 5.69 Å². The Bertz CT molecular complexity index is 737. The monoisotopic (exact) mass is 299 g/mol. The molecule has 5 heteroatoms. The summed E-state index contributed by atoms with van der Waals surface area (Å²) < 4.78 is 5.30. The molecule has 0 aliphatic rings. The Balaban J connectivity index is 2.18. The number of hydrogen-bond donors (Lipinski definition) is 0. The third kappa shape index (κ3) is 3.31. The van der Waals surface area contributed by atoms with Crippen molar-refractivity contribution in [1.29, 1.82) is 0 Å². The van der Waals surface area contributed by atoms with E-state index in [0.29, 0.717) is 5.56 Å². The lowest BCUT2D eigenvalue weighted by Crippen LogP contribution is -2.09. The molecule has 2 rings (SSSR count). The number of benzene rings is 2. The molecule has 0 heterocycles. The van der Waals surface area contributed by atoms with Crippen LogP contribution in [0.15, 0.2) is 36.4 Å². The van der Waals surface area contributed by atoms with Crippen molar-refractivity contribution in [2.45, 2.75) is 27.4 Å². The predicted molar refractivity (Wildman–Crippen MR) is 82.9 cm³/mol. The lowest BCUT2D eigenvalue weighted by molar-refractivity contribution is -0.385. The maximum absolute atomic E-state index is 12.2. The number of ether oxygens (including phenoxy) is 1. The van der Waals surface area contributed by atoms with E-state index in [1.54, 1.807) is 6.92 Å². The highest BCUT2D eigenvalue weighted by Crippen LogP contribution is 2.22. The van der Waals surface area contributed by atoms with Crippen LogP contribution in [0.25, 0.3) is 0 Å². The van der Waals surface area contributed by atoms with Crippen molar-refractivity contribution in [3.8, 4) is 0 Å². The molecule has 0 amide bonds. The summed E-state index contributed by atoms with van der Waals surface area (Å²) in [5, 5.41) is 10.9. The summed E-state index contributed by atoms with van der Waals surface area (Å²) in [4.78, 5) is 22.6. The third-order valence-corrected chi connectivity index (χ3v) is 3.59. The van der Waals surface area contributed by atoms with E-state index in [1.165, 1.54) is 18.2 Å². The van der Waals surface area contributed by atoms with Crippen LogP contribution in [-0.2, 0) is 11.3 Å². The quantitative estimate of drug-likeness (QED) is 0.488. The van der Waals surface area contributed by atoms with E-state index in [2.05, 4.69) is 0 Å². The highest BCUT2D eigenvalue weighted by molar-refractivity contribution is 5.92. The van der Waals surface area contributed by atoms with E-state index < -0.39 is 10.9 Å². The number of carbonyl (C=O) groups is 1. The fourth-order valence-corrected chi connectivity index (χ4v) is 2.22. The Hall–Kier alpha value is -2.69. The van der Waals surface area contributed by atoms with Crippen molar-refractivity contribution < 1.29 is 14.5 Å². The zero-order valence-corrected chi connectivity index (χ0v) is 12.8. The molecule has 0 aliphatic carbocycles. The van der Waals surface area contributed by atoms with Crippen molar-refractivity contribution in [3.05, 3.63) is 74.3 Å². The van der Waals surface area contributed by atoms with E-state index in [9.17, 15) is 14.9 Å². The largest absolute Gasteiger partial charge is 0.457 e. The summed E-state index contributed by atoms with van der Waals surface area (Å²) in [6, 6.07) is 10.3. The molecule has 0 aromatic heterocycles. The second kappa shape index (κ2) is 6.39. The predicted octanol–water partition coefficient (Wildman–Crippen LogP) is 3.88. The number of nitro groups is 1. The Morgan fingerprint density at radius 3 is 2.59 bits per heavy atom. The maximum atomic E-state index is 12.2. The van der Waals surface area contributed by atoms with Crippen LogP contribution in [0.5, 0.6) is 0 Å². The number of nitrogens with zero attached hydrogens (tertiary/aromatic N) is 1. The second-order valence-electron chi connectivity index (χ2n) is 5.21. The molecule has 5 nitrogen and oxygen atoms in total. The molecule has 0 saturated heterocycles. The van der Waals surface area contributed by atoms with Gasteiger partial charge in [0.2, 0.25) is 0 Å². The van der Waals surface area contributed by atoms with Crippen LogP contribution in [0.4, 0.5) is 5.69 Å². The van der Waals surface area contributed by atoms with Crippen LogP contribution in [0, 0.1) is 30.9 Å². The Morgan fingerprint density at radius 1 is 1.18 bits per heavy atom. The average Bonchev–Trinajstić information content (AvgIpc) is 2.47. The number of esters is 1. The highest BCUT2D eigenvalue weighted by atomic mass is 16.6. The van der Waals surface area contributed by atoms with Crippen molar-refractivity contribution in [3.63, 3.8) is 0 Å². The lowest BCUT2D eigenvalue weighted by atomic mass is 10.1. The fourth-order valence-electron chi connectivity index (χ4n) is 2.22. The zero-order chi connectivity index (χ0) is 16.3. The van der Waals surface area contributed by atoms with E-state index in [1.807, 2.05) is 32.0 Å². The number of rotatable bonds is 4. The lowest BCUT2D eigenvalue weighted by Gasteiger charge is -2.10. The summed E-state index contributed by atoms with van der Waals surface area (Å²) in [6.45, 7) is 5.61. The summed E-state index contributed by atoms with van der Waals surface area (Å²) in [7, 11) is 0. The minimum atomic E-state index is -0.554. The van der Waals surface area contributed by atoms with Crippen molar-refractivity contribution >= 4 is 11.7 Å². The topological polar surface area (TPSA) is 69.4 Å². The molecular formula is C17H17NO4. The van der Waals surface area contributed by atoms with Gasteiger partial charge in [-0.25, -0.2) is 4.79 Å². The molecule has 2 aromatic rings. The van der Waals surface area contributed by atoms with E-state index in [-0.39, 0.29) is 17.9 Å². The summed E-state index contributed by atoms with van der Waals surface area (Å²) in [5.41, 5.74) is 3.51. The first-order valence-corrected chi connectivity index (χ1v) is 6.87. The van der Waals surface area contributed by atoms with Gasteiger partial charge in [0.15, 0.2) is 0 Å². The van der Waals surface area contributed by atoms with Gasteiger partial charge in [-0.3, -0.25) is 10.1 Å². The highest BCUT2D eigenvalue weighted by Gasteiger charge is 2.19. The first-order chi connectivity index (χ1) is 10.4. The summed E-state index contributed by atoms with van der Waals surface area (Å²) >= 11 is 0. The maximum Gasteiger partial charge on any atom is 0.338 e. The fraction of sp³-hybridized carbons (Fsp3) is 0.235. The zero-order valence-electron chi connectivity index (χ0n) is 12.8. The Labute approximate surface area is 128 Å². The number of nitro benzene ring substituents is 1. The summed E-state index contributed by atoms with van der Waals surface area (Å²) in [6.07, 6.45) is 0. The molecule has 2 aromatic carbocycles. The molecular weight excluding hydrogens is 282 g/mol. The van der Waals surface area contributed by atoms with Crippen LogP contribution < -0.4 is 0 Å². The second-order valence-corrected chi connectivity index (χ2v) is 5.21. The van der Waals surface area contributed by atoms with Gasteiger partial charge in [-0.1, -0.05) is 29.8 Å². The van der Waals surface area contributed by atoms with Crippen molar-refractivity contribution in [2.24, 2.45) is 0 Å². The standard InChI is InChI=1S/C17H17NO4/c1-11-7-8-12(2)14(9-11)10-22-17(19)15-5-4-6-16(13(15)3)18(20)21/h4-9H,10H2,1-3H3. The minimum absolute atomic E-state index is 0.0822. The number of carbonyl (C=O) groups excluding carboxylic acids is 1. The van der Waals surface area contributed by atoms with Crippen LogP contribution in [0.2, 0.25) is 0 Å². The van der Waals surface area contributed by atoms with E-state index >= 15 is 0 Å². The van der Waals surface area contributed by atoms with Gasteiger partial charge in [-0.2, -0.15) is 0 Å². The van der Waals surface area contributed by atoms with Crippen LogP contribution in [0.1, 0.15) is 32.6 Å². The molecule has 0 atom stereocenters. The van der Waals surface area contributed by atoms with Gasteiger partial charge in [0.1, 0.15) is 6.61 Å². The summed E-state index contributed by atoms with van der Waals surface area (Å²) in [5.74, 6) is -0.554. The molecule has 0 N–H and O–H groups in total. The van der Waals surface area contributed by atoms with Crippen LogP contribution in [0.3, 0.4) is 0 Å². The van der Waals surface area contributed by atoms with Gasteiger partial charge in [-0.05, 0) is 38.0 Å². The SMILES string of the molecule is Cc1ccc(C)c(COC(=O)c2cccc([N+](=O)[O-])c2C)c1. The van der Waals surface area contributed by atoms with Crippen molar-refractivity contribution in [2.75, 3.05) is 0 Å². The first-order valence-electron chi connectivity index (χ1n) is 6.87. The molecule has 22 heavy (non-hydrogen) atoms. The van der Waals surface area contributed by atoms with Gasteiger partial charge < -0.3 is 4.74 Å². The molecule has 0 unspecified atom stereocenters. The molecule has 0 spiro atoms. The Kier molecular flexibility index (Phi) is 4.56. The number of hydrogen-bond acceptors (Lipinski definition) is 4. The average molecular weight is 299 g/mol. The molecule has 0 fully saturated rings. The first kappa shape index (κ1) is 15.7. The molecule has 0 radical (unpaired) electrons. The minimum Gasteiger partial charge on any atom is -0.457 e. The van der Waals surface area contributed by atoms with Crippen LogP contribution in [-0.4, -0.2) is 10.9 Å². The van der Waals surface area contributed by atoms with E-state index in [4.69, 9.17) is 4.74 Å². The van der Waals surface area contributed by atoms with Crippen LogP contribution >= 0.6 is 0 Å². The normalized spacial score (nSPS) is 10.3. The Morgan fingerprint density at radius 2 is 1.91 bits per heavy atom. The molecule has 0 saturated carbocycles. The van der Waals surface area contributed by atoms with Gasteiger partial charge in [0, 0.05) is 11.6 Å². The van der Waals surface area contributed by atoms with E-state index in [0.717, 1.165) is 16.7 Å². The molecule has 0 bridgehead atoms. The molecule has 0 aliphatic heterocycles. The van der Waals surface area contributed by atoms with Gasteiger partial charge in [-0.15, -0.1) is 0 Å². The molecule has 114 valence electrons. The van der Waals surface area contributed by atoms with Crippen molar-refractivity contribution in [1.82, 2.24) is 0 Å². The van der Waals surface area contributed by atoms with Gasteiger partial charge >= 0.3 is 5.97 Å². The number of aryl methyl sites for hydroxylation is 2. The smallest absolute Gasteiger partial charge is 0.338 e. The third-order valence-electron chi connectivity index (χ3n) is 3.59. The van der Waals surface area contributed by atoms with Gasteiger partial charge in [0.05, 0.1) is 10.5 Å².